The second kappa shape index (κ2) is 7.06. The minimum atomic E-state index is -0.461. The number of hydrogen-bond donors (Lipinski definition) is 2. The first-order valence-electron chi connectivity index (χ1n) is 7.36. The predicted molar refractivity (Wildman–Crippen MR) is 84.7 cm³/mol. The highest BCUT2D eigenvalue weighted by Gasteiger charge is 2.21. The summed E-state index contributed by atoms with van der Waals surface area (Å²) in [6.45, 7) is 6.31. The van der Waals surface area contributed by atoms with Crippen molar-refractivity contribution in [2.45, 2.75) is 27.2 Å². The summed E-state index contributed by atoms with van der Waals surface area (Å²) < 4.78 is 5.06. The second-order valence-corrected chi connectivity index (χ2v) is 5.83. The van der Waals surface area contributed by atoms with Crippen molar-refractivity contribution < 1.29 is 14.3 Å². The molecule has 0 fully saturated rings. The van der Waals surface area contributed by atoms with Crippen LogP contribution in [-0.4, -0.2) is 24.3 Å². The lowest BCUT2D eigenvalue weighted by atomic mass is 9.94. The van der Waals surface area contributed by atoms with Gasteiger partial charge in [-0.25, -0.2) is 10.2 Å². The molecule has 1 heterocycles. The Morgan fingerprint density at radius 3 is 2.68 bits per heavy atom. The van der Waals surface area contributed by atoms with Crippen molar-refractivity contribution in [2.24, 2.45) is 16.9 Å². The zero-order valence-electron chi connectivity index (χ0n) is 13.1. The third-order valence-corrected chi connectivity index (χ3v) is 3.23. The van der Waals surface area contributed by atoms with Gasteiger partial charge in [-0.2, -0.15) is 5.10 Å². The van der Waals surface area contributed by atoms with E-state index in [0.29, 0.717) is 24.6 Å². The number of carbonyl (C=O) groups excluding carboxylic acids is 2. The Morgan fingerprint density at radius 1 is 1.41 bits per heavy atom. The molecule has 1 unspecified atom stereocenters. The molecule has 6 nitrogen and oxygen atoms in total. The molecule has 1 aliphatic rings. The predicted octanol–water partition coefficient (Wildman–Crippen LogP) is 2.75. The Morgan fingerprint density at radius 2 is 2.09 bits per heavy atom. The van der Waals surface area contributed by atoms with Crippen molar-refractivity contribution in [1.29, 1.82) is 0 Å². The molecule has 22 heavy (non-hydrogen) atoms. The van der Waals surface area contributed by atoms with E-state index >= 15 is 0 Å². The first-order valence-corrected chi connectivity index (χ1v) is 7.36. The van der Waals surface area contributed by atoms with Gasteiger partial charge in [-0.3, -0.25) is 10.1 Å². The highest BCUT2D eigenvalue weighted by atomic mass is 16.5. The molecule has 1 aliphatic heterocycles. The van der Waals surface area contributed by atoms with Crippen LogP contribution in [0, 0.1) is 11.8 Å². The van der Waals surface area contributed by atoms with Gasteiger partial charge >= 0.3 is 6.09 Å². The zero-order chi connectivity index (χ0) is 16.1. The third-order valence-electron chi connectivity index (χ3n) is 3.23. The van der Waals surface area contributed by atoms with E-state index in [1.807, 2.05) is 32.9 Å². The zero-order valence-corrected chi connectivity index (χ0v) is 13.1. The molecular weight excluding hydrogens is 282 g/mol. The number of benzene rings is 1. The van der Waals surface area contributed by atoms with Crippen LogP contribution in [0.3, 0.4) is 0 Å². The van der Waals surface area contributed by atoms with Gasteiger partial charge < -0.3 is 4.74 Å². The maximum absolute atomic E-state index is 11.6. The third kappa shape index (κ3) is 4.31. The lowest BCUT2D eigenvalue weighted by Gasteiger charge is -2.19. The lowest BCUT2D eigenvalue weighted by Crippen LogP contribution is -2.31. The highest BCUT2D eigenvalue weighted by molar-refractivity contribution is 6.06. The Labute approximate surface area is 129 Å². The van der Waals surface area contributed by atoms with Crippen molar-refractivity contribution in [2.75, 3.05) is 11.9 Å². The molecule has 0 aliphatic carbocycles. The fourth-order valence-electron chi connectivity index (χ4n) is 2.12. The number of rotatable bonds is 4. The van der Waals surface area contributed by atoms with E-state index in [4.69, 9.17) is 4.74 Å². The molecule has 6 heteroatoms. The number of anilines is 1. The van der Waals surface area contributed by atoms with Crippen LogP contribution in [0.15, 0.2) is 29.4 Å². The van der Waals surface area contributed by atoms with E-state index in [1.165, 1.54) is 0 Å². The Bertz CT molecular complexity index is 579. The molecule has 0 saturated carbocycles. The molecule has 0 bridgehead atoms. The van der Waals surface area contributed by atoms with Gasteiger partial charge in [0.1, 0.15) is 0 Å². The van der Waals surface area contributed by atoms with Crippen molar-refractivity contribution in [3.63, 3.8) is 0 Å². The minimum Gasteiger partial charge on any atom is -0.449 e. The van der Waals surface area contributed by atoms with Gasteiger partial charge in [0.2, 0.25) is 5.91 Å². The van der Waals surface area contributed by atoms with Crippen LogP contribution in [0.2, 0.25) is 0 Å². The van der Waals surface area contributed by atoms with Crippen LogP contribution in [0.5, 0.6) is 0 Å². The molecule has 2 amide bonds. The number of nitrogens with one attached hydrogen (secondary N) is 2. The monoisotopic (exact) mass is 303 g/mol. The summed E-state index contributed by atoms with van der Waals surface area (Å²) in [6, 6.07) is 7.31. The van der Waals surface area contributed by atoms with Gasteiger partial charge in [-0.05, 0) is 23.6 Å². The Balaban J connectivity index is 1.98. The Hall–Kier alpha value is -2.37. The average Bonchev–Trinajstić information content (AvgIpc) is 2.46. The van der Waals surface area contributed by atoms with Crippen LogP contribution in [-0.2, 0) is 9.53 Å². The number of nitrogens with zero attached hydrogens (tertiary/aromatic N) is 1. The van der Waals surface area contributed by atoms with E-state index in [9.17, 15) is 9.59 Å². The Kier molecular flexibility index (Phi) is 5.14. The number of hydrogen-bond acceptors (Lipinski definition) is 4. The fourth-order valence-corrected chi connectivity index (χ4v) is 2.12. The quantitative estimate of drug-likeness (QED) is 0.897. The van der Waals surface area contributed by atoms with Crippen molar-refractivity contribution in [1.82, 2.24) is 5.43 Å². The summed E-state index contributed by atoms with van der Waals surface area (Å²) in [6.07, 6.45) is -0.0301. The van der Waals surface area contributed by atoms with Crippen LogP contribution in [0.1, 0.15) is 32.8 Å². The van der Waals surface area contributed by atoms with Crippen molar-refractivity contribution >= 4 is 23.4 Å². The number of amides is 2. The largest absolute Gasteiger partial charge is 0.449 e. The van der Waals surface area contributed by atoms with Crippen LogP contribution < -0.4 is 10.7 Å². The molecule has 0 radical (unpaired) electrons. The van der Waals surface area contributed by atoms with Crippen LogP contribution in [0.25, 0.3) is 0 Å². The standard InChI is InChI=1S/C16H21N3O3/c1-10(2)9-22-16(21)17-13-6-4-12(5-7-13)15-11(3)8-14(20)18-19-15/h4-7,10-11H,8-9H2,1-3H3,(H,17,21)(H,18,20). The van der Waals surface area contributed by atoms with Gasteiger partial charge in [-0.15, -0.1) is 0 Å². The molecule has 2 N–H and O–H groups in total. The second-order valence-electron chi connectivity index (χ2n) is 5.83. The maximum atomic E-state index is 11.6. The number of hydrazone groups is 1. The summed E-state index contributed by atoms with van der Waals surface area (Å²) in [5.41, 5.74) is 4.92. The van der Waals surface area contributed by atoms with Gasteiger partial charge in [0.05, 0.1) is 12.3 Å². The van der Waals surface area contributed by atoms with E-state index in [-0.39, 0.29) is 11.8 Å². The summed E-state index contributed by atoms with van der Waals surface area (Å²) in [5.74, 6) is 0.306. The molecule has 1 aromatic rings. The first-order chi connectivity index (χ1) is 10.5. The number of carbonyl (C=O) groups is 2. The molecule has 0 saturated heterocycles. The van der Waals surface area contributed by atoms with Gasteiger partial charge in [0.15, 0.2) is 0 Å². The first kappa shape index (κ1) is 16.0. The molecule has 0 aromatic heterocycles. The SMILES string of the molecule is CC(C)COC(=O)Nc1ccc(C2=NNC(=O)CC2C)cc1. The summed E-state index contributed by atoms with van der Waals surface area (Å²) >= 11 is 0. The van der Waals surface area contributed by atoms with E-state index in [2.05, 4.69) is 15.8 Å². The van der Waals surface area contributed by atoms with E-state index < -0.39 is 6.09 Å². The smallest absolute Gasteiger partial charge is 0.411 e. The highest BCUT2D eigenvalue weighted by Crippen LogP contribution is 2.18. The maximum Gasteiger partial charge on any atom is 0.411 e. The summed E-state index contributed by atoms with van der Waals surface area (Å²) in [7, 11) is 0. The summed E-state index contributed by atoms with van der Waals surface area (Å²) in [5, 5.41) is 6.78. The fraction of sp³-hybridized carbons (Fsp3) is 0.438. The number of ether oxygens (including phenoxy) is 1. The van der Waals surface area contributed by atoms with E-state index in [0.717, 1.165) is 11.3 Å². The van der Waals surface area contributed by atoms with Crippen LogP contribution in [0.4, 0.5) is 10.5 Å². The molecule has 2 rings (SSSR count). The summed E-state index contributed by atoms with van der Waals surface area (Å²) in [4.78, 5) is 22.8. The molecule has 118 valence electrons. The average molecular weight is 303 g/mol. The van der Waals surface area contributed by atoms with Crippen molar-refractivity contribution in [3.8, 4) is 0 Å². The normalized spacial score (nSPS) is 17.7. The molecule has 1 atom stereocenters. The topological polar surface area (TPSA) is 79.8 Å². The lowest BCUT2D eigenvalue weighted by molar-refractivity contribution is -0.121. The van der Waals surface area contributed by atoms with Gasteiger partial charge in [-0.1, -0.05) is 32.9 Å². The van der Waals surface area contributed by atoms with Crippen LogP contribution >= 0.6 is 0 Å². The van der Waals surface area contributed by atoms with Gasteiger partial charge in [0, 0.05) is 18.0 Å². The molecular formula is C16H21N3O3. The van der Waals surface area contributed by atoms with E-state index in [1.54, 1.807) is 12.1 Å². The molecule has 0 spiro atoms. The molecule has 1 aromatic carbocycles. The van der Waals surface area contributed by atoms with Gasteiger partial charge in [0.25, 0.3) is 0 Å². The minimum absolute atomic E-state index is 0.0672. The van der Waals surface area contributed by atoms with Crippen molar-refractivity contribution in [3.05, 3.63) is 29.8 Å².